The number of nitrogens with one attached hydrogen (secondary N) is 1. The fourth-order valence-corrected chi connectivity index (χ4v) is 3.47. The molecule has 1 aliphatic heterocycles. The first-order valence-corrected chi connectivity index (χ1v) is 10.2. The Morgan fingerprint density at radius 1 is 0.903 bits per heavy atom. The van der Waals surface area contributed by atoms with Gasteiger partial charge in [0.1, 0.15) is 0 Å². The highest BCUT2D eigenvalue weighted by atomic mass is 16.5. The summed E-state index contributed by atoms with van der Waals surface area (Å²) in [6.45, 7) is 0.534. The van der Waals surface area contributed by atoms with Gasteiger partial charge in [0.05, 0.1) is 17.7 Å². The van der Waals surface area contributed by atoms with E-state index in [1.54, 1.807) is 24.3 Å². The Bertz CT molecular complexity index is 1060. The fourth-order valence-electron chi connectivity index (χ4n) is 3.47. The van der Waals surface area contributed by atoms with Gasteiger partial charge in [-0.2, -0.15) is 4.98 Å². The molecule has 0 unspecified atom stereocenters. The summed E-state index contributed by atoms with van der Waals surface area (Å²) in [5.41, 5.74) is 1.77. The molecule has 2 heterocycles. The molecule has 2 aromatic carbocycles. The second-order valence-corrected chi connectivity index (χ2v) is 7.27. The van der Waals surface area contributed by atoms with Crippen molar-refractivity contribution >= 4 is 17.7 Å². The number of nitrogens with zero attached hydrogens (tertiary/aromatic N) is 3. The number of fused-ring (bicyclic) bond motifs is 1. The summed E-state index contributed by atoms with van der Waals surface area (Å²) in [6.07, 6.45) is 2.40. The normalized spacial score (nSPS) is 12.8. The first-order valence-electron chi connectivity index (χ1n) is 10.2. The monoisotopic (exact) mass is 418 g/mol. The van der Waals surface area contributed by atoms with Gasteiger partial charge < -0.3 is 9.84 Å². The molecule has 0 atom stereocenters. The summed E-state index contributed by atoms with van der Waals surface area (Å²) in [6, 6.07) is 16.3. The summed E-state index contributed by atoms with van der Waals surface area (Å²) in [7, 11) is 0. The maximum absolute atomic E-state index is 12.3. The van der Waals surface area contributed by atoms with Crippen molar-refractivity contribution in [2.45, 2.75) is 32.2 Å². The van der Waals surface area contributed by atoms with Crippen molar-refractivity contribution in [2.75, 3.05) is 6.54 Å². The van der Waals surface area contributed by atoms with Gasteiger partial charge in [0.15, 0.2) is 0 Å². The molecule has 3 aromatic rings. The summed E-state index contributed by atoms with van der Waals surface area (Å²) in [5, 5.41) is 6.69. The summed E-state index contributed by atoms with van der Waals surface area (Å²) in [5.74, 6) is 0.233. The van der Waals surface area contributed by atoms with Crippen molar-refractivity contribution in [1.82, 2.24) is 20.4 Å². The standard InChI is InChI=1S/C23H22N4O4/c28-19(24-15-20-25-21(26-31-20)16-9-3-1-4-10-16)13-5-2-8-14-27-22(29)17-11-6-7-12-18(17)23(27)30/h1,3-4,6-7,9-12H,2,5,8,13-15H2,(H,24,28). The second kappa shape index (κ2) is 9.34. The van der Waals surface area contributed by atoms with E-state index in [4.69, 9.17) is 4.52 Å². The average molecular weight is 418 g/mol. The SMILES string of the molecule is O=C(CCCCCN1C(=O)c2ccccc2C1=O)NCc1nc(-c2ccccc2)no1. The Hall–Kier alpha value is -3.81. The minimum Gasteiger partial charge on any atom is -0.347 e. The molecular formula is C23H22N4O4. The van der Waals surface area contributed by atoms with Gasteiger partial charge in [0.25, 0.3) is 11.8 Å². The Morgan fingerprint density at radius 2 is 1.58 bits per heavy atom. The maximum atomic E-state index is 12.3. The molecule has 3 amide bonds. The number of unbranched alkanes of at least 4 members (excludes halogenated alkanes) is 2. The molecule has 1 aliphatic rings. The van der Waals surface area contributed by atoms with E-state index in [-0.39, 0.29) is 24.3 Å². The van der Waals surface area contributed by atoms with E-state index in [1.807, 2.05) is 30.3 Å². The van der Waals surface area contributed by atoms with Crippen molar-refractivity contribution in [1.29, 1.82) is 0 Å². The lowest BCUT2D eigenvalue weighted by molar-refractivity contribution is -0.121. The van der Waals surface area contributed by atoms with Gasteiger partial charge in [0.2, 0.25) is 17.6 Å². The summed E-state index contributed by atoms with van der Waals surface area (Å²) >= 11 is 0. The lowest BCUT2D eigenvalue weighted by Crippen LogP contribution is -2.30. The molecule has 0 fully saturated rings. The smallest absolute Gasteiger partial charge is 0.261 e. The molecule has 8 heteroatoms. The molecule has 0 saturated heterocycles. The van der Waals surface area contributed by atoms with Crippen LogP contribution in [0, 0.1) is 0 Å². The molecule has 31 heavy (non-hydrogen) atoms. The van der Waals surface area contributed by atoms with Crippen molar-refractivity contribution in [2.24, 2.45) is 0 Å². The second-order valence-electron chi connectivity index (χ2n) is 7.27. The molecular weight excluding hydrogens is 396 g/mol. The predicted molar refractivity (Wildman–Crippen MR) is 112 cm³/mol. The minimum absolute atomic E-state index is 0.111. The quantitative estimate of drug-likeness (QED) is 0.423. The van der Waals surface area contributed by atoms with E-state index in [9.17, 15) is 14.4 Å². The van der Waals surface area contributed by atoms with E-state index in [2.05, 4.69) is 15.5 Å². The van der Waals surface area contributed by atoms with E-state index in [0.29, 0.717) is 48.6 Å². The fraction of sp³-hybridized carbons (Fsp3) is 0.261. The topological polar surface area (TPSA) is 105 Å². The Morgan fingerprint density at radius 3 is 2.29 bits per heavy atom. The molecule has 1 N–H and O–H groups in total. The van der Waals surface area contributed by atoms with Crippen LogP contribution in [0.5, 0.6) is 0 Å². The first-order chi connectivity index (χ1) is 15.1. The van der Waals surface area contributed by atoms with Crippen LogP contribution in [-0.2, 0) is 11.3 Å². The van der Waals surface area contributed by atoms with Crippen molar-refractivity contribution in [3.8, 4) is 11.4 Å². The highest BCUT2D eigenvalue weighted by molar-refractivity contribution is 6.21. The number of imide groups is 1. The highest BCUT2D eigenvalue weighted by Gasteiger charge is 2.34. The minimum atomic E-state index is -0.243. The largest absolute Gasteiger partial charge is 0.347 e. The van der Waals surface area contributed by atoms with Crippen LogP contribution in [0.3, 0.4) is 0 Å². The van der Waals surface area contributed by atoms with Crippen LogP contribution >= 0.6 is 0 Å². The number of hydrogen-bond donors (Lipinski definition) is 1. The van der Waals surface area contributed by atoms with Crippen LogP contribution in [0.25, 0.3) is 11.4 Å². The van der Waals surface area contributed by atoms with Crippen LogP contribution < -0.4 is 5.32 Å². The molecule has 8 nitrogen and oxygen atoms in total. The van der Waals surface area contributed by atoms with Gasteiger partial charge >= 0.3 is 0 Å². The van der Waals surface area contributed by atoms with Gasteiger partial charge in [-0.15, -0.1) is 0 Å². The molecule has 0 saturated carbocycles. The van der Waals surface area contributed by atoms with Crippen molar-refractivity contribution in [3.05, 3.63) is 71.6 Å². The van der Waals surface area contributed by atoms with Crippen LogP contribution in [0.4, 0.5) is 0 Å². The summed E-state index contributed by atoms with van der Waals surface area (Å²) < 4.78 is 5.17. The average Bonchev–Trinajstić information content (AvgIpc) is 3.37. The van der Waals surface area contributed by atoms with Gasteiger partial charge in [-0.05, 0) is 25.0 Å². The number of rotatable bonds is 9. The van der Waals surface area contributed by atoms with E-state index in [0.717, 1.165) is 12.0 Å². The Balaban J connectivity index is 1.15. The highest BCUT2D eigenvalue weighted by Crippen LogP contribution is 2.22. The van der Waals surface area contributed by atoms with Crippen LogP contribution in [0.15, 0.2) is 59.1 Å². The lowest BCUT2D eigenvalue weighted by atomic mass is 10.1. The number of aromatic nitrogens is 2. The van der Waals surface area contributed by atoms with Crippen molar-refractivity contribution in [3.63, 3.8) is 0 Å². The van der Waals surface area contributed by atoms with Crippen molar-refractivity contribution < 1.29 is 18.9 Å². The molecule has 158 valence electrons. The number of hydrogen-bond acceptors (Lipinski definition) is 6. The number of carbonyl (C=O) groups is 3. The predicted octanol–water partition coefficient (Wildman–Crippen LogP) is 3.21. The first kappa shape index (κ1) is 20.5. The van der Waals surface area contributed by atoms with Gasteiger partial charge in [0, 0.05) is 18.5 Å². The Labute approximate surface area is 179 Å². The van der Waals surface area contributed by atoms with Crippen LogP contribution in [0.2, 0.25) is 0 Å². The van der Waals surface area contributed by atoms with Crippen LogP contribution in [-0.4, -0.2) is 39.3 Å². The van der Waals surface area contributed by atoms with E-state index >= 15 is 0 Å². The summed E-state index contributed by atoms with van der Waals surface area (Å²) in [4.78, 5) is 42.2. The number of benzene rings is 2. The number of carbonyl (C=O) groups excluding carboxylic acids is 3. The molecule has 0 aliphatic carbocycles. The molecule has 0 radical (unpaired) electrons. The molecule has 4 rings (SSSR count). The van der Waals surface area contributed by atoms with Crippen LogP contribution in [0.1, 0.15) is 52.3 Å². The third-order valence-corrected chi connectivity index (χ3v) is 5.10. The third kappa shape index (κ3) is 4.69. The van der Waals surface area contributed by atoms with E-state index < -0.39 is 0 Å². The zero-order valence-corrected chi connectivity index (χ0v) is 16.9. The molecule has 1 aromatic heterocycles. The molecule has 0 bridgehead atoms. The van der Waals surface area contributed by atoms with Gasteiger partial charge in [-0.25, -0.2) is 0 Å². The maximum Gasteiger partial charge on any atom is 0.261 e. The third-order valence-electron chi connectivity index (χ3n) is 5.10. The van der Waals surface area contributed by atoms with Gasteiger partial charge in [-0.1, -0.05) is 54.0 Å². The zero-order valence-electron chi connectivity index (χ0n) is 16.9. The molecule has 0 spiro atoms. The van der Waals surface area contributed by atoms with Gasteiger partial charge in [-0.3, -0.25) is 19.3 Å². The zero-order chi connectivity index (χ0) is 21.6. The number of amides is 3. The van der Waals surface area contributed by atoms with E-state index in [1.165, 1.54) is 4.90 Å². The Kier molecular flexibility index (Phi) is 6.16. The lowest BCUT2D eigenvalue weighted by Gasteiger charge is -2.13.